The number of hydrogen-bond donors (Lipinski definition) is 0. The van der Waals surface area contributed by atoms with Gasteiger partial charge < -0.3 is 4.74 Å². The molecule has 2 atom stereocenters. The Bertz CT molecular complexity index is 387. The maximum Gasteiger partial charge on any atom is 0.309 e. The molecule has 1 aliphatic carbocycles. The van der Waals surface area contributed by atoms with Crippen LogP contribution < -0.4 is 0 Å². The zero-order valence-corrected chi connectivity index (χ0v) is 12.1. The normalized spacial score (nSPS) is 18.7. The number of esters is 1. The van der Waals surface area contributed by atoms with Crippen LogP contribution in [0.1, 0.15) is 32.3 Å². The number of hydrogen-bond acceptors (Lipinski definition) is 4. The van der Waals surface area contributed by atoms with Gasteiger partial charge in [0.15, 0.2) is 0 Å². The fourth-order valence-corrected chi connectivity index (χ4v) is 2.94. The van der Waals surface area contributed by atoms with Crippen LogP contribution in [-0.4, -0.2) is 30.1 Å². The van der Waals surface area contributed by atoms with Gasteiger partial charge in [-0.2, -0.15) is 11.3 Å². The van der Waals surface area contributed by atoms with Crippen molar-refractivity contribution in [2.75, 3.05) is 7.11 Å². The topological polar surface area (TPSA) is 29.5 Å². The van der Waals surface area contributed by atoms with Crippen LogP contribution in [0.4, 0.5) is 0 Å². The number of methoxy groups -OCH3 is 1. The van der Waals surface area contributed by atoms with Gasteiger partial charge in [0.2, 0.25) is 0 Å². The van der Waals surface area contributed by atoms with Gasteiger partial charge in [0, 0.05) is 18.6 Å². The molecule has 1 saturated carbocycles. The van der Waals surface area contributed by atoms with Crippen molar-refractivity contribution in [2.45, 2.75) is 45.3 Å². The van der Waals surface area contributed by atoms with E-state index in [0.29, 0.717) is 6.04 Å². The van der Waals surface area contributed by atoms with Crippen molar-refractivity contribution in [3.8, 4) is 0 Å². The van der Waals surface area contributed by atoms with E-state index in [1.807, 2.05) is 6.92 Å². The van der Waals surface area contributed by atoms with E-state index >= 15 is 0 Å². The van der Waals surface area contributed by atoms with Crippen molar-refractivity contribution >= 4 is 17.3 Å². The van der Waals surface area contributed by atoms with Gasteiger partial charge in [0.25, 0.3) is 0 Å². The van der Waals surface area contributed by atoms with Gasteiger partial charge in [-0.3, -0.25) is 9.69 Å². The lowest BCUT2D eigenvalue weighted by molar-refractivity contribution is -0.147. The number of thiophene rings is 1. The molecule has 1 fully saturated rings. The molecule has 0 spiro atoms. The summed E-state index contributed by atoms with van der Waals surface area (Å²) in [5.74, 6) is -0.187. The fourth-order valence-electron chi connectivity index (χ4n) is 2.28. The Hall–Kier alpha value is -0.870. The van der Waals surface area contributed by atoms with E-state index in [1.54, 1.807) is 11.3 Å². The van der Waals surface area contributed by atoms with Gasteiger partial charge in [-0.15, -0.1) is 0 Å². The third kappa shape index (κ3) is 3.12. The Morgan fingerprint density at radius 2 is 2.28 bits per heavy atom. The minimum Gasteiger partial charge on any atom is -0.469 e. The van der Waals surface area contributed by atoms with Crippen molar-refractivity contribution in [3.05, 3.63) is 22.4 Å². The van der Waals surface area contributed by atoms with E-state index in [-0.39, 0.29) is 17.9 Å². The number of ether oxygens (including phenoxy) is 1. The molecule has 2 rings (SSSR count). The predicted octanol–water partition coefficient (Wildman–Crippen LogP) is 2.91. The molecule has 1 aromatic heterocycles. The van der Waals surface area contributed by atoms with E-state index in [0.717, 1.165) is 6.54 Å². The summed E-state index contributed by atoms with van der Waals surface area (Å²) in [6.45, 7) is 5.03. The summed E-state index contributed by atoms with van der Waals surface area (Å²) >= 11 is 1.73. The second kappa shape index (κ2) is 5.85. The minimum absolute atomic E-state index is 0.0748. The Labute approximate surface area is 113 Å². The van der Waals surface area contributed by atoms with Gasteiger partial charge in [0.05, 0.1) is 13.0 Å². The van der Waals surface area contributed by atoms with Gasteiger partial charge in [-0.1, -0.05) is 6.92 Å². The van der Waals surface area contributed by atoms with Crippen molar-refractivity contribution in [1.82, 2.24) is 4.90 Å². The predicted molar refractivity (Wildman–Crippen MR) is 73.5 cm³/mol. The smallest absolute Gasteiger partial charge is 0.309 e. The summed E-state index contributed by atoms with van der Waals surface area (Å²) in [6.07, 6.45) is 2.50. The summed E-state index contributed by atoms with van der Waals surface area (Å²) in [5, 5.41) is 4.29. The standard InChI is InChI=1S/C14H21NO2S/c1-10(14(16)17-3)11(2)15(13-4-5-13)8-12-6-7-18-9-12/h6-7,9-11,13H,4-5,8H2,1-3H3. The van der Waals surface area contributed by atoms with Crippen LogP contribution in [0.2, 0.25) is 0 Å². The van der Waals surface area contributed by atoms with Crippen molar-refractivity contribution in [3.63, 3.8) is 0 Å². The number of carbonyl (C=O) groups is 1. The lowest BCUT2D eigenvalue weighted by Gasteiger charge is -2.32. The van der Waals surface area contributed by atoms with Crippen molar-refractivity contribution in [2.24, 2.45) is 5.92 Å². The molecule has 0 saturated heterocycles. The zero-order chi connectivity index (χ0) is 13.1. The third-order valence-electron chi connectivity index (χ3n) is 3.78. The van der Waals surface area contributed by atoms with Crippen LogP contribution in [0, 0.1) is 5.92 Å². The summed E-state index contributed by atoms with van der Waals surface area (Å²) in [4.78, 5) is 14.1. The second-order valence-electron chi connectivity index (χ2n) is 5.09. The quantitative estimate of drug-likeness (QED) is 0.742. The van der Waals surface area contributed by atoms with E-state index in [4.69, 9.17) is 4.74 Å². The summed E-state index contributed by atoms with van der Waals surface area (Å²) in [6, 6.07) is 3.03. The SMILES string of the molecule is COC(=O)C(C)C(C)N(Cc1ccsc1)C1CC1. The Kier molecular flexibility index (Phi) is 4.40. The highest BCUT2D eigenvalue weighted by Crippen LogP contribution is 2.32. The van der Waals surface area contributed by atoms with E-state index in [1.165, 1.54) is 25.5 Å². The number of carbonyl (C=O) groups excluding carboxylic acids is 1. The fraction of sp³-hybridized carbons (Fsp3) is 0.643. The lowest BCUT2D eigenvalue weighted by atomic mass is 10.0. The summed E-state index contributed by atoms with van der Waals surface area (Å²) < 4.78 is 4.86. The summed E-state index contributed by atoms with van der Waals surface area (Å²) in [7, 11) is 1.46. The Balaban J connectivity index is 2.03. The average molecular weight is 267 g/mol. The Morgan fingerprint density at radius 1 is 1.56 bits per heavy atom. The molecular formula is C14H21NO2S. The highest BCUT2D eigenvalue weighted by molar-refractivity contribution is 7.07. The third-order valence-corrected chi connectivity index (χ3v) is 4.51. The molecule has 1 aromatic rings. The molecule has 0 aliphatic heterocycles. The minimum atomic E-state index is -0.113. The molecule has 1 aliphatic rings. The van der Waals surface area contributed by atoms with Crippen LogP contribution in [0.3, 0.4) is 0 Å². The van der Waals surface area contributed by atoms with E-state index in [2.05, 4.69) is 28.7 Å². The second-order valence-corrected chi connectivity index (χ2v) is 5.87. The molecule has 4 heteroatoms. The van der Waals surface area contributed by atoms with Crippen LogP contribution in [0.15, 0.2) is 16.8 Å². The van der Waals surface area contributed by atoms with Crippen molar-refractivity contribution < 1.29 is 9.53 Å². The first kappa shape index (κ1) is 13.6. The highest BCUT2D eigenvalue weighted by atomic mass is 32.1. The molecular weight excluding hydrogens is 246 g/mol. The first-order valence-corrected chi connectivity index (χ1v) is 7.42. The maximum absolute atomic E-state index is 11.7. The van der Waals surface area contributed by atoms with Crippen LogP contribution >= 0.6 is 11.3 Å². The van der Waals surface area contributed by atoms with Gasteiger partial charge >= 0.3 is 5.97 Å². The number of rotatable bonds is 6. The maximum atomic E-state index is 11.7. The summed E-state index contributed by atoms with van der Waals surface area (Å²) in [5.41, 5.74) is 1.34. The molecule has 0 N–H and O–H groups in total. The number of nitrogens with zero attached hydrogens (tertiary/aromatic N) is 1. The average Bonchev–Trinajstić information content (AvgIpc) is 3.10. The van der Waals surface area contributed by atoms with E-state index in [9.17, 15) is 4.79 Å². The van der Waals surface area contributed by atoms with Crippen LogP contribution in [0.25, 0.3) is 0 Å². The molecule has 3 nitrogen and oxygen atoms in total. The molecule has 2 unspecified atom stereocenters. The van der Waals surface area contributed by atoms with Crippen LogP contribution in [0.5, 0.6) is 0 Å². The molecule has 0 radical (unpaired) electrons. The monoisotopic (exact) mass is 267 g/mol. The molecule has 0 amide bonds. The highest BCUT2D eigenvalue weighted by Gasteiger charge is 2.36. The molecule has 100 valence electrons. The van der Waals surface area contributed by atoms with Crippen molar-refractivity contribution in [1.29, 1.82) is 0 Å². The van der Waals surface area contributed by atoms with Gasteiger partial charge in [-0.25, -0.2) is 0 Å². The first-order chi connectivity index (χ1) is 8.63. The van der Waals surface area contributed by atoms with E-state index < -0.39 is 0 Å². The zero-order valence-electron chi connectivity index (χ0n) is 11.3. The Morgan fingerprint density at radius 3 is 2.78 bits per heavy atom. The largest absolute Gasteiger partial charge is 0.469 e. The molecule has 0 aromatic carbocycles. The molecule has 18 heavy (non-hydrogen) atoms. The molecule has 1 heterocycles. The van der Waals surface area contributed by atoms with Crippen LogP contribution in [-0.2, 0) is 16.1 Å². The van der Waals surface area contributed by atoms with Gasteiger partial charge in [-0.05, 0) is 42.2 Å². The lowest BCUT2D eigenvalue weighted by Crippen LogP contribution is -2.41. The molecule has 0 bridgehead atoms. The van der Waals surface area contributed by atoms with Gasteiger partial charge in [0.1, 0.15) is 0 Å². The first-order valence-electron chi connectivity index (χ1n) is 6.48.